The van der Waals surface area contributed by atoms with Gasteiger partial charge >= 0.3 is 0 Å². The van der Waals surface area contributed by atoms with Gasteiger partial charge in [0.2, 0.25) is 0 Å². The highest BCUT2D eigenvalue weighted by Gasteiger charge is 2.10. The van der Waals surface area contributed by atoms with E-state index in [4.69, 9.17) is 16.3 Å². The summed E-state index contributed by atoms with van der Waals surface area (Å²) in [6, 6.07) is 7.07. The van der Waals surface area contributed by atoms with Crippen LogP contribution in [0.3, 0.4) is 0 Å². The largest absolute Gasteiger partial charge is 0.490 e. The second-order valence-electron chi connectivity index (χ2n) is 3.73. The number of aliphatic hydroxyl groups excluding tert-OH is 1. The summed E-state index contributed by atoms with van der Waals surface area (Å²) in [7, 11) is 1.80. The van der Waals surface area contributed by atoms with Gasteiger partial charge in [-0.2, -0.15) is 5.10 Å². The molecule has 5 heteroatoms. The molecule has 1 N–H and O–H groups in total. The maximum atomic E-state index is 9.85. The monoisotopic (exact) mass is 252 g/mol. The van der Waals surface area contributed by atoms with Crippen LogP contribution in [0.15, 0.2) is 36.7 Å². The number of benzene rings is 1. The van der Waals surface area contributed by atoms with Gasteiger partial charge in [-0.25, -0.2) is 0 Å². The molecule has 2 rings (SSSR count). The van der Waals surface area contributed by atoms with Crippen LogP contribution in [-0.4, -0.2) is 21.5 Å². The molecule has 1 atom stereocenters. The molecule has 2 aromatic rings. The van der Waals surface area contributed by atoms with E-state index in [-0.39, 0.29) is 6.61 Å². The van der Waals surface area contributed by atoms with Crippen LogP contribution in [0.1, 0.15) is 11.7 Å². The van der Waals surface area contributed by atoms with Gasteiger partial charge in [-0.1, -0.05) is 17.7 Å². The van der Waals surface area contributed by atoms with Gasteiger partial charge < -0.3 is 9.84 Å². The van der Waals surface area contributed by atoms with Crippen molar-refractivity contribution in [2.75, 3.05) is 6.61 Å². The molecule has 1 heterocycles. The number of rotatable bonds is 4. The highest BCUT2D eigenvalue weighted by atomic mass is 35.5. The normalized spacial score (nSPS) is 12.4. The molecule has 0 radical (unpaired) electrons. The third-order valence-electron chi connectivity index (χ3n) is 2.31. The number of hydrogen-bond acceptors (Lipinski definition) is 3. The Kier molecular flexibility index (Phi) is 3.66. The summed E-state index contributed by atoms with van der Waals surface area (Å²) >= 11 is 5.82. The van der Waals surface area contributed by atoms with E-state index in [1.807, 2.05) is 0 Å². The van der Waals surface area contributed by atoms with Crippen molar-refractivity contribution in [2.45, 2.75) is 6.10 Å². The molecule has 0 aliphatic heterocycles. The van der Waals surface area contributed by atoms with Crippen molar-refractivity contribution < 1.29 is 9.84 Å². The number of halogens is 1. The summed E-state index contributed by atoms with van der Waals surface area (Å²) < 4.78 is 7.08. The lowest BCUT2D eigenvalue weighted by atomic mass is 10.2. The van der Waals surface area contributed by atoms with Crippen molar-refractivity contribution in [3.05, 3.63) is 47.2 Å². The molecule has 0 spiro atoms. The lowest BCUT2D eigenvalue weighted by molar-refractivity contribution is 0.108. The fraction of sp³-hybridized carbons (Fsp3) is 0.250. The number of aryl methyl sites for hydroxylation is 1. The lowest BCUT2D eigenvalue weighted by Gasteiger charge is -2.10. The maximum absolute atomic E-state index is 9.85. The van der Waals surface area contributed by atoms with Crippen molar-refractivity contribution in [2.24, 2.45) is 7.05 Å². The lowest BCUT2D eigenvalue weighted by Crippen LogP contribution is -2.09. The first kappa shape index (κ1) is 12.0. The zero-order chi connectivity index (χ0) is 12.3. The van der Waals surface area contributed by atoms with Crippen LogP contribution in [-0.2, 0) is 7.05 Å². The fourth-order valence-electron chi connectivity index (χ4n) is 1.44. The van der Waals surface area contributed by atoms with Crippen LogP contribution < -0.4 is 4.74 Å². The molecule has 0 aliphatic carbocycles. The molecular formula is C12H13ClN2O2. The van der Waals surface area contributed by atoms with Crippen molar-refractivity contribution in [1.82, 2.24) is 9.78 Å². The van der Waals surface area contributed by atoms with Crippen LogP contribution in [0.4, 0.5) is 0 Å². The molecular weight excluding hydrogens is 240 g/mol. The minimum Gasteiger partial charge on any atom is -0.490 e. The maximum Gasteiger partial charge on any atom is 0.120 e. The van der Waals surface area contributed by atoms with Crippen molar-refractivity contribution in [3.63, 3.8) is 0 Å². The first-order valence-corrected chi connectivity index (χ1v) is 5.58. The Hall–Kier alpha value is -1.52. The minimum atomic E-state index is -0.692. The molecule has 90 valence electrons. The van der Waals surface area contributed by atoms with Crippen LogP contribution in [0.25, 0.3) is 0 Å². The van der Waals surface area contributed by atoms with Crippen LogP contribution in [0.2, 0.25) is 5.02 Å². The minimum absolute atomic E-state index is 0.173. The molecule has 1 unspecified atom stereocenters. The standard InChI is InChI=1S/C12H13ClN2O2/c1-15-7-9(6-14-15)12(16)8-17-11-4-2-3-10(13)5-11/h2-7,12,16H,8H2,1H3. The predicted molar refractivity (Wildman–Crippen MR) is 65.1 cm³/mol. The molecule has 17 heavy (non-hydrogen) atoms. The highest BCUT2D eigenvalue weighted by molar-refractivity contribution is 6.30. The molecule has 0 amide bonds. The first-order chi connectivity index (χ1) is 8.15. The van der Waals surface area contributed by atoms with E-state index >= 15 is 0 Å². The molecule has 0 saturated heterocycles. The Morgan fingerprint density at radius 1 is 1.53 bits per heavy atom. The van der Waals surface area contributed by atoms with E-state index in [1.54, 1.807) is 48.4 Å². The van der Waals surface area contributed by atoms with E-state index in [2.05, 4.69) is 5.10 Å². The van der Waals surface area contributed by atoms with E-state index in [0.717, 1.165) is 5.56 Å². The van der Waals surface area contributed by atoms with Gasteiger partial charge in [0.15, 0.2) is 0 Å². The molecule has 0 aliphatic rings. The fourth-order valence-corrected chi connectivity index (χ4v) is 1.62. The second-order valence-corrected chi connectivity index (χ2v) is 4.17. The molecule has 0 bridgehead atoms. The first-order valence-electron chi connectivity index (χ1n) is 5.20. The Morgan fingerprint density at radius 2 is 2.35 bits per heavy atom. The number of hydrogen-bond donors (Lipinski definition) is 1. The molecule has 0 saturated carbocycles. The van der Waals surface area contributed by atoms with Gasteiger partial charge in [0.05, 0.1) is 6.20 Å². The third-order valence-corrected chi connectivity index (χ3v) is 2.55. The molecule has 1 aromatic heterocycles. The number of aromatic nitrogens is 2. The summed E-state index contributed by atoms with van der Waals surface area (Å²) in [5.41, 5.74) is 0.731. The summed E-state index contributed by atoms with van der Waals surface area (Å²) in [6.07, 6.45) is 2.68. The van der Waals surface area contributed by atoms with E-state index < -0.39 is 6.10 Å². The zero-order valence-corrected chi connectivity index (χ0v) is 10.1. The van der Waals surface area contributed by atoms with Crippen molar-refractivity contribution in [3.8, 4) is 5.75 Å². The molecule has 1 aromatic carbocycles. The average Bonchev–Trinajstić information content (AvgIpc) is 2.73. The van der Waals surface area contributed by atoms with E-state index in [1.165, 1.54) is 0 Å². The Morgan fingerprint density at radius 3 is 3.00 bits per heavy atom. The number of nitrogens with zero attached hydrogens (tertiary/aromatic N) is 2. The van der Waals surface area contributed by atoms with Crippen molar-refractivity contribution in [1.29, 1.82) is 0 Å². The summed E-state index contributed by atoms with van der Waals surface area (Å²) in [5, 5.41) is 14.4. The van der Waals surface area contributed by atoms with Gasteiger partial charge in [-0.15, -0.1) is 0 Å². The number of ether oxygens (including phenoxy) is 1. The third kappa shape index (κ3) is 3.22. The zero-order valence-electron chi connectivity index (χ0n) is 9.38. The Labute approximate surface area is 104 Å². The topological polar surface area (TPSA) is 47.3 Å². The summed E-state index contributed by atoms with van der Waals surface area (Å²) in [4.78, 5) is 0. The molecule has 4 nitrogen and oxygen atoms in total. The van der Waals surface area contributed by atoms with Crippen LogP contribution in [0.5, 0.6) is 5.75 Å². The molecule has 0 fully saturated rings. The predicted octanol–water partition coefficient (Wildman–Crippen LogP) is 2.19. The van der Waals surface area contributed by atoms with E-state index in [9.17, 15) is 5.11 Å². The van der Waals surface area contributed by atoms with Crippen LogP contribution >= 0.6 is 11.6 Å². The van der Waals surface area contributed by atoms with Crippen molar-refractivity contribution >= 4 is 11.6 Å². The van der Waals surface area contributed by atoms with Crippen LogP contribution in [0, 0.1) is 0 Å². The second kappa shape index (κ2) is 5.21. The summed E-state index contributed by atoms with van der Waals surface area (Å²) in [6.45, 7) is 0.173. The average molecular weight is 253 g/mol. The summed E-state index contributed by atoms with van der Waals surface area (Å²) in [5.74, 6) is 0.639. The quantitative estimate of drug-likeness (QED) is 0.907. The van der Waals surface area contributed by atoms with Gasteiger partial charge in [0.25, 0.3) is 0 Å². The van der Waals surface area contributed by atoms with Gasteiger partial charge in [0, 0.05) is 23.8 Å². The highest BCUT2D eigenvalue weighted by Crippen LogP contribution is 2.19. The Bertz CT molecular complexity index is 499. The van der Waals surface area contributed by atoms with Gasteiger partial charge in [0.1, 0.15) is 18.5 Å². The van der Waals surface area contributed by atoms with Gasteiger partial charge in [-0.3, -0.25) is 4.68 Å². The van der Waals surface area contributed by atoms with Gasteiger partial charge in [-0.05, 0) is 18.2 Å². The Balaban J connectivity index is 1.94. The SMILES string of the molecule is Cn1cc(C(O)COc2cccc(Cl)c2)cn1. The number of aliphatic hydroxyl groups is 1. The smallest absolute Gasteiger partial charge is 0.120 e. The van der Waals surface area contributed by atoms with E-state index in [0.29, 0.717) is 10.8 Å².